The van der Waals surface area contributed by atoms with Gasteiger partial charge in [-0.15, -0.1) is 0 Å². The standard InChI is InChI=1S/C26H29F3O3/c1-3-32-25(31)23(16-18-5-4-6-22(15-18)26(27,28)29)24(30)21-13-11-20(12-14-21)19-9-7-17(2)8-10-19/h4-10,15,20-21,23H,3,11-14,16H2,1-2H3/t20-,21-,23?. The molecule has 0 saturated heterocycles. The molecule has 0 spiro atoms. The van der Waals surface area contributed by atoms with Crippen LogP contribution in [-0.4, -0.2) is 18.4 Å². The molecule has 0 bridgehead atoms. The van der Waals surface area contributed by atoms with Crippen LogP contribution < -0.4 is 0 Å². The predicted molar refractivity (Wildman–Crippen MR) is 116 cm³/mol. The molecule has 1 unspecified atom stereocenters. The summed E-state index contributed by atoms with van der Waals surface area (Å²) in [5, 5.41) is 0. The van der Waals surface area contributed by atoms with E-state index in [1.165, 1.54) is 23.3 Å². The largest absolute Gasteiger partial charge is 0.465 e. The summed E-state index contributed by atoms with van der Waals surface area (Å²) in [6.45, 7) is 3.81. The third-order valence-corrected chi connectivity index (χ3v) is 6.29. The van der Waals surface area contributed by atoms with E-state index < -0.39 is 23.6 Å². The smallest absolute Gasteiger partial charge is 0.416 e. The summed E-state index contributed by atoms with van der Waals surface area (Å²) in [6.07, 6.45) is -1.55. The van der Waals surface area contributed by atoms with Crippen molar-refractivity contribution in [3.05, 3.63) is 70.8 Å². The first-order valence-electron chi connectivity index (χ1n) is 11.1. The van der Waals surface area contributed by atoms with Crippen molar-refractivity contribution in [3.63, 3.8) is 0 Å². The van der Waals surface area contributed by atoms with Crippen LogP contribution in [0, 0.1) is 18.8 Å². The maximum Gasteiger partial charge on any atom is 0.416 e. The predicted octanol–water partition coefficient (Wildman–Crippen LogP) is 6.28. The minimum atomic E-state index is -4.48. The molecule has 1 aliphatic rings. The van der Waals surface area contributed by atoms with E-state index in [1.807, 2.05) is 6.92 Å². The van der Waals surface area contributed by atoms with Crippen LogP contribution in [0.15, 0.2) is 48.5 Å². The first-order chi connectivity index (χ1) is 15.2. The third kappa shape index (κ3) is 5.99. The van der Waals surface area contributed by atoms with Crippen LogP contribution in [-0.2, 0) is 26.9 Å². The molecule has 1 aliphatic carbocycles. The molecule has 2 aromatic carbocycles. The molecule has 1 atom stereocenters. The van der Waals surface area contributed by atoms with Gasteiger partial charge in [0.1, 0.15) is 5.92 Å². The van der Waals surface area contributed by atoms with Gasteiger partial charge >= 0.3 is 12.1 Å². The van der Waals surface area contributed by atoms with Crippen LogP contribution in [0.2, 0.25) is 0 Å². The Balaban J connectivity index is 1.71. The quantitative estimate of drug-likeness (QED) is 0.371. The molecule has 6 heteroatoms. The van der Waals surface area contributed by atoms with E-state index in [0.717, 1.165) is 25.0 Å². The Morgan fingerprint density at radius 2 is 1.69 bits per heavy atom. The Morgan fingerprint density at radius 1 is 1.03 bits per heavy atom. The second-order valence-corrected chi connectivity index (χ2v) is 8.57. The van der Waals surface area contributed by atoms with Gasteiger partial charge in [-0.05, 0) is 69.1 Å². The van der Waals surface area contributed by atoms with E-state index in [9.17, 15) is 22.8 Å². The van der Waals surface area contributed by atoms with Gasteiger partial charge in [0.05, 0.1) is 12.2 Å². The van der Waals surface area contributed by atoms with Crippen molar-refractivity contribution < 1.29 is 27.5 Å². The molecule has 2 aromatic rings. The average molecular weight is 447 g/mol. The van der Waals surface area contributed by atoms with Crippen molar-refractivity contribution in [2.45, 2.75) is 58.0 Å². The zero-order chi connectivity index (χ0) is 23.3. The Kier molecular flexibility index (Phi) is 7.75. The van der Waals surface area contributed by atoms with Crippen molar-refractivity contribution in [2.75, 3.05) is 6.61 Å². The second-order valence-electron chi connectivity index (χ2n) is 8.57. The highest BCUT2D eigenvalue weighted by molar-refractivity contribution is 6.00. The first kappa shape index (κ1) is 24.0. The highest BCUT2D eigenvalue weighted by atomic mass is 19.4. The van der Waals surface area contributed by atoms with Gasteiger partial charge in [-0.3, -0.25) is 9.59 Å². The van der Waals surface area contributed by atoms with Crippen molar-refractivity contribution in [1.82, 2.24) is 0 Å². The maximum atomic E-state index is 13.3. The molecule has 3 rings (SSSR count). The number of alkyl halides is 3. The van der Waals surface area contributed by atoms with Crippen LogP contribution in [0.5, 0.6) is 0 Å². The zero-order valence-electron chi connectivity index (χ0n) is 18.5. The lowest BCUT2D eigenvalue weighted by atomic mass is 9.74. The zero-order valence-corrected chi connectivity index (χ0v) is 18.5. The summed E-state index contributed by atoms with van der Waals surface area (Å²) in [6, 6.07) is 13.2. The number of rotatable bonds is 7. The topological polar surface area (TPSA) is 43.4 Å². The fourth-order valence-corrected chi connectivity index (χ4v) is 4.49. The Labute approximate surface area is 187 Å². The van der Waals surface area contributed by atoms with Crippen molar-refractivity contribution in [3.8, 4) is 0 Å². The van der Waals surface area contributed by atoms with E-state index in [4.69, 9.17) is 4.74 Å². The minimum Gasteiger partial charge on any atom is -0.465 e. The van der Waals surface area contributed by atoms with Crippen LogP contribution in [0.1, 0.15) is 60.8 Å². The fraction of sp³-hybridized carbons (Fsp3) is 0.462. The number of carbonyl (C=O) groups excluding carboxylic acids is 2. The molecule has 0 heterocycles. The van der Waals surface area contributed by atoms with Gasteiger partial charge in [0.25, 0.3) is 0 Å². The molecular weight excluding hydrogens is 417 g/mol. The highest BCUT2D eigenvalue weighted by Crippen LogP contribution is 2.38. The Bertz CT molecular complexity index is 926. The summed E-state index contributed by atoms with van der Waals surface area (Å²) in [5.74, 6) is -1.86. The molecule has 0 amide bonds. The number of Topliss-reactive ketones (excluding diaryl/α,β-unsaturated/α-hetero) is 1. The summed E-state index contributed by atoms with van der Waals surface area (Å²) in [7, 11) is 0. The number of ether oxygens (including phenoxy) is 1. The number of esters is 1. The van der Waals surface area contributed by atoms with E-state index in [0.29, 0.717) is 24.3 Å². The third-order valence-electron chi connectivity index (χ3n) is 6.29. The number of hydrogen-bond acceptors (Lipinski definition) is 3. The number of benzene rings is 2. The van der Waals surface area contributed by atoms with Gasteiger partial charge in [0, 0.05) is 5.92 Å². The SMILES string of the molecule is CCOC(=O)C(Cc1cccc(C(F)(F)F)c1)C(=O)[C@H]1CC[C@H](c2ccc(C)cc2)CC1. The molecule has 0 aromatic heterocycles. The molecule has 0 radical (unpaired) electrons. The number of hydrogen-bond donors (Lipinski definition) is 0. The Morgan fingerprint density at radius 3 is 2.28 bits per heavy atom. The second kappa shape index (κ2) is 10.3. The number of ketones is 1. The van der Waals surface area contributed by atoms with Gasteiger partial charge in [0.15, 0.2) is 5.78 Å². The lowest BCUT2D eigenvalue weighted by Gasteiger charge is -2.30. The Hall–Kier alpha value is -2.63. The minimum absolute atomic E-state index is 0.0839. The monoisotopic (exact) mass is 446 g/mol. The van der Waals surface area contributed by atoms with Crippen molar-refractivity contribution >= 4 is 11.8 Å². The van der Waals surface area contributed by atoms with Gasteiger partial charge in [-0.25, -0.2) is 0 Å². The van der Waals surface area contributed by atoms with Crippen LogP contribution >= 0.6 is 0 Å². The van der Waals surface area contributed by atoms with E-state index in [-0.39, 0.29) is 24.7 Å². The molecule has 3 nitrogen and oxygen atoms in total. The van der Waals surface area contributed by atoms with Crippen LogP contribution in [0.25, 0.3) is 0 Å². The molecule has 172 valence electrons. The molecule has 0 N–H and O–H groups in total. The fourth-order valence-electron chi connectivity index (χ4n) is 4.49. The van der Waals surface area contributed by atoms with Gasteiger partial charge in [-0.1, -0.05) is 48.0 Å². The van der Waals surface area contributed by atoms with E-state index >= 15 is 0 Å². The summed E-state index contributed by atoms with van der Waals surface area (Å²) < 4.78 is 44.3. The van der Waals surface area contributed by atoms with E-state index in [2.05, 4.69) is 24.3 Å². The first-order valence-corrected chi connectivity index (χ1v) is 11.1. The number of carbonyl (C=O) groups is 2. The maximum absolute atomic E-state index is 13.3. The summed E-state index contributed by atoms with van der Waals surface area (Å²) in [5.41, 5.74) is 1.97. The number of halogens is 3. The summed E-state index contributed by atoms with van der Waals surface area (Å²) in [4.78, 5) is 25.8. The van der Waals surface area contributed by atoms with Gasteiger partial charge in [-0.2, -0.15) is 13.2 Å². The van der Waals surface area contributed by atoms with Crippen molar-refractivity contribution in [1.29, 1.82) is 0 Å². The lowest BCUT2D eigenvalue weighted by molar-refractivity contribution is -0.152. The van der Waals surface area contributed by atoms with Crippen LogP contribution in [0.4, 0.5) is 13.2 Å². The normalized spacial score (nSPS) is 19.9. The molecule has 0 aliphatic heterocycles. The molecule has 1 fully saturated rings. The molecule has 1 saturated carbocycles. The van der Waals surface area contributed by atoms with Crippen LogP contribution in [0.3, 0.4) is 0 Å². The number of aryl methyl sites for hydroxylation is 1. The molecular formula is C26H29F3O3. The van der Waals surface area contributed by atoms with E-state index in [1.54, 1.807) is 6.92 Å². The summed E-state index contributed by atoms with van der Waals surface area (Å²) >= 11 is 0. The average Bonchev–Trinajstić information content (AvgIpc) is 2.77. The molecule has 32 heavy (non-hydrogen) atoms. The van der Waals surface area contributed by atoms with Gasteiger partial charge in [0.2, 0.25) is 0 Å². The van der Waals surface area contributed by atoms with Gasteiger partial charge < -0.3 is 4.74 Å². The highest BCUT2D eigenvalue weighted by Gasteiger charge is 2.37. The lowest BCUT2D eigenvalue weighted by Crippen LogP contribution is -2.34. The van der Waals surface area contributed by atoms with Crippen molar-refractivity contribution in [2.24, 2.45) is 11.8 Å².